The lowest BCUT2D eigenvalue weighted by atomic mass is 9.90. The van der Waals surface area contributed by atoms with Gasteiger partial charge in [0, 0.05) is 46.1 Å². The lowest BCUT2D eigenvalue weighted by Crippen LogP contribution is -2.45. The zero-order valence-electron chi connectivity index (χ0n) is 14.9. The molecule has 2 aliphatic rings. The van der Waals surface area contributed by atoms with Crippen molar-refractivity contribution in [3.8, 4) is 0 Å². The molecule has 1 amide bonds. The molecule has 2 N–H and O–H groups in total. The van der Waals surface area contributed by atoms with E-state index in [0.717, 1.165) is 0 Å². The van der Waals surface area contributed by atoms with Crippen LogP contribution in [0.3, 0.4) is 0 Å². The smallest absolute Gasteiger partial charge is 0.407 e. The van der Waals surface area contributed by atoms with E-state index in [-0.39, 0.29) is 31.2 Å². The molecule has 2 aromatic heterocycles. The number of likely N-dealkylation sites (tertiary alicyclic amines) is 1. The first-order chi connectivity index (χ1) is 12.9. The number of hydrogen-bond donors (Lipinski definition) is 2. The fraction of sp³-hybridized carbons (Fsp3) is 0.625. The first kappa shape index (κ1) is 18.2. The molecule has 4 heterocycles. The van der Waals surface area contributed by atoms with E-state index in [1.165, 1.54) is 4.90 Å². The lowest BCUT2D eigenvalue weighted by Gasteiger charge is -2.36. The standard InChI is InChI=1S/C16H21ClN6O4/c1-21-11-10(12(20-14(17)19-11)22-6-8-27-9-7-22)18-13(21)16(26)2-4-23(5-3-16)15(24)25/h26H,2-9H2,1H3,(H,24,25). The molecule has 2 aliphatic heterocycles. The van der Waals surface area contributed by atoms with Gasteiger partial charge in [0.25, 0.3) is 0 Å². The maximum absolute atomic E-state index is 11.2. The first-order valence-corrected chi connectivity index (χ1v) is 9.20. The molecule has 11 heteroatoms. The average molecular weight is 397 g/mol. The van der Waals surface area contributed by atoms with E-state index in [9.17, 15) is 9.90 Å². The molecule has 0 aliphatic carbocycles. The van der Waals surface area contributed by atoms with Crippen molar-refractivity contribution in [3.05, 3.63) is 11.1 Å². The molecule has 0 bridgehead atoms. The molecule has 2 aromatic rings. The van der Waals surface area contributed by atoms with Crippen molar-refractivity contribution in [2.24, 2.45) is 7.05 Å². The molecule has 0 atom stereocenters. The van der Waals surface area contributed by atoms with Gasteiger partial charge in [0.15, 0.2) is 17.0 Å². The Morgan fingerprint density at radius 2 is 1.81 bits per heavy atom. The number of anilines is 1. The maximum atomic E-state index is 11.2. The van der Waals surface area contributed by atoms with Gasteiger partial charge in [0.05, 0.1) is 13.2 Å². The number of halogens is 1. The summed E-state index contributed by atoms with van der Waals surface area (Å²) in [6.07, 6.45) is -0.441. The summed E-state index contributed by atoms with van der Waals surface area (Å²) in [4.78, 5) is 27.8. The Hall–Kier alpha value is -2.17. The molecule has 0 radical (unpaired) electrons. The van der Waals surface area contributed by atoms with Crippen molar-refractivity contribution < 1.29 is 19.7 Å². The normalized spacial score (nSPS) is 20.3. The number of hydrogen-bond acceptors (Lipinski definition) is 7. The maximum Gasteiger partial charge on any atom is 0.407 e. The van der Waals surface area contributed by atoms with E-state index < -0.39 is 11.7 Å². The van der Waals surface area contributed by atoms with Gasteiger partial charge in [-0.1, -0.05) is 0 Å². The van der Waals surface area contributed by atoms with Gasteiger partial charge < -0.3 is 29.3 Å². The molecular weight excluding hydrogens is 376 g/mol. The number of amides is 1. The summed E-state index contributed by atoms with van der Waals surface area (Å²) >= 11 is 6.14. The number of aromatic nitrogens is 4. The van der Waals surface area contributed by atoms with Crippen molar-refractivity contribution in [1.82, 2.24) is 24.4 Å². The number of carboxylic acid groups (broad SMARTS) is 1. The number of nitrogens with zero attached hydrogens (tertiary/aromatic N) is 6. The van der Waals surface area contributed by atoms with E-state index >= 15 is 0 Å². The zero-order chi connectivity index (χ0) is 19.2. The highest BCUT2D eigenvalue weighted by Gasteiger charge is 2.40. The summed E-state index contributed by atoms with van der Waals surface area (Å²) in [5.41, 5.74) is -0.107. The van der Waals surface area contributed by atoms with Gasteiger partial charge in [-0.15, -0.1) is 0 Å². The van der Waals surface area contributed by atoms with Crippen LogP contribution in [-0.4, -0.2) is 80.1 Å². The second-order valence-electron chi connectivity index (χ2n) is 6.88. The third kappa shape index (κ3) is 3.17. The van der Waals surface area contributed by atoms with Crippen LogP contribution in [0.5, 0.6) is 0 Å². The van der Waals surface area contributed by atoms with Crippen LogP contribution in [0.25, 0.3) is 11.2 Å². The van der Waals surface area contributed by atoms with E-state index in [4.69, 9.17) is 21.4 Å². The van der Waals surface area contributed by atoms with Crippen LogP contribution in [0.15, 0.2) is 0 Å². The summed E-state index contributed by atoms with van der Waals surface area (Å²) in [5.74, 6) is 1.08. The third-order valence-electron chi connectivity index (χ3n) is 5.26. The van der Waals surface area contributed by atoms with Crippen molar-refractivity contribution in [2.75, 3.05) is 44.3 Å². The highest BCUT2D eigenvalue weighted by atomic mass is 35.5. The third-order valence-corrected chi connectivity index (χ3v) is 5.43. The van der Waals surface area contributed by atoms with Gasteiger partial charge >= 0.3 is 6.09 Å². The SMILES string of the molecule is Cn1c(C2(O)CCN(C(=O)O)CC2)nc2c(N3CCOCC3)nc(Cl)nc21. The minimum absolute atomic E-state index is 0.117. The minimum atomic E-state index is -1.23. The van der Waals surface area contributed by atoms with Crippen LogP contribution in [0.2, 0.25) is 5.28 Å². The number of fused-ring (bicyclic) bond motifs is 1. The van der Waals surface area contributed by atoms with Gasteiger partial charge in [0.1, 0.15) is 11.4 Å². The molecule has 0 aromatic carbocycles. The number of carbonyl (C=O) groups is 1. The van der Waals surface area contributed by atoms with Crippen molar-refractivity contribution in [1.29, 1.82) is 0 Å². The van der Waals surface area contributed by atoms with E-state index in [0.29, 0.717) is 49.1 Å². The van der Waals surface area contributed by atoms with Crippen LogP contribution in [0, 0.1) is 0 Å². The van der Waals surface area contributed by atoms with Gasteiger partial charge in [0.2, 0.25) is 5.28 Å². The van der Waals surface area contributed by atoms with Crippen molar-refractivity contribution in [3.63, 3.8) is 0 Å². The van der Waals surface area contributed by atoms with Crippen LogP contribution in [0.4, 0.5) is 10.6 Å². The zero-order valence-corrected chi connectivity index (χ0v) is 15.7. The number of rotatable bonds is 2. The van der Waals surface area contributed by atoms with Crippen LogP contribution < -0.4 is 4.90 Å². The predicted molar refractivity (Wildman–Crippen MR) is 97.1 cm³/mol. The van der Waals surface area contributed by atoms with Crippen LogP contribution in [0.1, 0.15) is 18.7 Å². The van der Waals surface area contributed by atoms with Gasteiger partial charge in [-0.2, -0.15) is 9.97 Å². The Morgan fingerprint density at radius 1 is 1.15 bits per heavy atom. The Balaban J connectivity index is 1.74. The van der Waals surface area contributed by atoms with Crippen LogP contribution in [-0.2, 0) is 17.4 Å². The molecular formula is C16H21ClN6O4. The molecule has 2 fully saturated rings. The molecule has 4 rings (SSSR count). The van der Waals surface area contributed by atoms with E-state index in [2.05, 4.69) is 15.0 Å². The first-order valence-electron chi connectivity index (χ1n) is 8.82. The lowest BCUT2D eigenvalue weighted by molar-refractivity contribution is -0.0299. The number of imidazole rings is 1. The quantitative estimate of drug-likeness (QED) is 0.716. The number of aryl methyl sites for hydroxylation is 1. The highest BCUT2D eigenvalue weighted by molar-refractivity contribution is 6.28. The molecule has 0 unspecified atom stereocenters. The fourth-order valence-electron chi connectivity index (χ4n) is 3.72. The second kappa shape index (κ2) is 6.77. The molecule has 0 saturated carbocycles. The molecule has 10 nitrogen and oxygen atoms in total. The van der Waals surface area contributed by atoms with E-state index in [1.807, 2.05) is 4.90 Å². The summed E-state index contributed by atoms with van der Waals surface area (Å²) in [5, 5.41) is 20.4. The highest BCUT2D eigenvalue weighted by Crippen LogP contribution is 2.35. The number of ether oxygens (including phenoxy) is 1. The minimum Gasteiger partial charge on any atom is -0.465 e. The summed E-state index contributed by atoms with van der Waals surface area (Å²) < 4.78 is 7.12. The van der Waals surface area contributed by atoms with Gasteiger partial charge in [-0.3, -0.25) is 0 Å². The van der Waals surface area contributed by atoms with Crippen LogP contribution >= 0.6 is 11.6 Å². The molecule has 2 saturated heterocycles. The summed E-state index contributed by atoms with van der Waals surface area (Å²) in [6, 6.07) is 0. The Morgan fingerprint density at radius 3 is 2.44 bits per heavy atom. The second-order valence-corrected chi connectivity index (χ2v) is 7.22. The Labute approximate surface area is 160 Å². The molecule has 0 spiro atoms. The largest absolute Gasteiger partial charge is 0.465 e. The fourth-order valence-corrected chi connectivity index (χ4v) is 3.88. The van der Waals surface area contributed by atoms with Gasteiger partial charge in [-0.05, 0) is 11.6 Å². The number of piperidine rings is 1. The Bertz CT molecular complexity index is 873. The van der Waals surface area contributed by atoms with Crippen molar-refractivity contribution in [2.45, 2.75) is 18.4 Å². The summed E-state index contributed by atoms with van der Waals surface area (Å²) in [7, 11) is 1.78. The topological polar surface area (TPSA) is 117 Å². The average Bonchev–Trinajstić information content (AvgIpc) is 3.00. The number of aliphatic hydroxyl groups is 1. The van der Waals surface area contributed by atoms with E-state index in [1.54, 1.807) is 11.6 Å². The number of morpholine rings is 1. The van der Waals surface area contributed by atoms with Crippen molar-refractivity contribution >= 4 is 34.7 Å². The predicted octanol–water partition coefficient (Wildman–Crippen LogP) is 0.815. The Kier molecular flexibility index (Phi) is 4.57. The molecule has 27 heavy (non-hydrogen) atoms. The molecule has 146 valence electrons. The van der Waals surface area contributed by atoms with Gasteiger partial charge in [-0.25, -0.2) is 9.78 Å². The monoisotopic (exact) mass is 396 g/mol. The summed E-state index contributed by atoms with van der Waals surface area (Å²) in [6.45, 7) is 3.03.